The molecule has 3 nitrogen and oxygen atoms in total. The van der Waals surface area contributed by atoms with Crippen molar-refractivity contribution in [3.05, 3.63) is 20.8 Å². The van der Waals surface area contributed by atoms with Gasteiger partial charge in [0, 0.05) is 11.4 Å². The van der Waals surface area contributed by atoms with E-state index in [2.05, 4.69) is 21.2 Å². The van der Waals surface area contributed by atoms with Crippen molar-refractivity contribution >= 4 is 33.2 Å². The molecule has 0 radical (unpaired) electrons. The number of carbonyl (C=O) groups is 1. The van der Waals surface area contributed by atoms with Gasteiger partial charge in [-0.2, -0.15) is 0 Å². The van der Waals surface area contributed by atoms with Gasteiger partial charge < -0.3 is 10.4 Å². The second-order valence-corrected chi connectivity index (χ2v) is 5.00. The number of rotatable bonds is 4. The van der Waals surface area contributed by atoms with Crippen LogP contribution in [0.1, 0.15) is 4.88 Å². The maximum Gasteiger partial charge on any atom is 0.225 e. The average Bonchev–Trinajstić information content (AvgIpc) is 2.48. The van der Waals surface area contributed by atoms with E-state index in [1.807, 2.05) is 12.1 Å². The van der Waals surface area contributed by atoms with Crippen LogP contribution in [0.5, 0.6) is 0 Å². The van der Waals surface area contributed by atoms with E-state index in [4.69, 9.17) is 5.11 Å². The average molecular weight is 264 g/mol. The van der Waals surface area contributed by atoms with Gasteiger partial charge in [0.1, 0.15) is 0 Å². The van der Waals surface area contributed by atoms with Crippen LogP contribution in [0, 0.1) is 0 Å². The maximum absolute atomic E-state index is 11.1. The van der Waals surface area contributed by atoms with Gasteiger partial charge in [-0.3, -0.25) is 4.79 Å². The van der Waals surface area contributed by atoms with Crippen LogP contribution in [-0.4, -0.2) is 24.2 Å². The lowest BCUT2D eigenvalue weighted by atomic mass is 10.3. The molecule has 1 rings (SSSR count). The fourth-order valence-electron chi connectivity index (χ4n) is 0.863. The number of hydrogen-bond acceptors (Lipinski definition) is 3. The highest BCUT2D eigenvalue weighted by atomic mass is 79.9. The molecule has 0 spiro atoms. The monoisotopic (exact) mass is 263 g/mol. The lowest BCUT2D eigenvalue weighted by Crippen LogP contribution is -2.27. The summed E-state index contributed by atoms with van der Waals surface area (Å²) in [6.45, 7) is 0.311. The molecule has 13 heavy (non-hydrogen) atoms. The number of carbonyl (C=O) groups excluding carboxylic acids is 1. The number of nitrogens with one attached hydrogen (secondary N) is 1. The third-order valence-corrected chi connectivity index (χ3v) is 3.02. The lowest BCUT2D eigenvalue weighted by Gasteiger charge is -2.00. The Balaban J connectivity index is 2.36. The molecule has 72 valence electrons. The zero-order valence-corrected chi connectivity index (χ0v) is 9.32. The molecule has 0 aromatic carbocycles. The van der Waals surface area contributed by atoms with E-state index < -0.39 is 0 Å². The van der Waals surface area contributed by atoms with Crippen molar-refractivity contribution in [1.82, 2.24) is 5.32 Å². The first-order valence-corrected chi connectivity index (χ1v) is 5.45. The zero-order chi connectivity index (χ0) is 9.68. The molecule has 1 aromatic rings. The van der Waals surface area contributed by atoms with Gasteiger partial charge in [-0.1, -0.05) is 0 Å². The van der Waals surface area contributed by atoms with Crippen LogP contribution < -0.4 is 5.32 Å². The van der Waals surface area contributed by atoms with Gasteiger partial charge >= 0.3 is 0 Å². The Morgan fingerprint density at radius 3 is 2.92 bits per heavy atom. The Hall–Kier alpha value is -0.390. The van der Waals surface area contributed by atoms with Crippen LogP contribution in [0.2, 0.25) is 0 Å². The van der Waals surface area contributed by atoms with E-state index in [0.717, 1.165) is 8.66 Å². The minimum atomic E-state index is -0.0524. The Morgan fingerprint density at radius 1 is 1.62 bits per heavy atom. The molecule has 0 unspecified atom stereocenters. The van der Waals surface area contributed by atoms with Crippen LogP contribution in [0.25, 0.3) is 0 Å². The van der Waals surface area contributed by atoms with Crippen LogP contribution >= 0.6 is 27.3 Å². The second kappa shape index (κ2) is 5.36. The first kappa shape index (κ1) is 10.7. The van der Waals surface area contributed by atoms with Crippen molar-refractivity contribution < 1.29 is 9.90 Å². The smallest absolute Gasteiger partial charge is 0.225 e. The van der Waals surface area contributed by atoms with Gasteiger partial charge in [-0.25, -0.2) is 0 Å². The molecule has 0 aliphatic rings. The molecular formula is C8H10BrNO2S. The quantitative estimate of drug-likeness (QED) is 0.857. The third kappa shape index (κ3) is 3.89. The van der Waals surface area contributed by atoms with Crippen LogP contribution in [0.4, 0.5) is 0 Å². The molecule has 2 N–H and O–H groups in total. The van der Waals surface area contributed by atoms with Crippen LogP contribution in [0.3, 0.4) is 0 Å². The van der Waals surface area contributed by atoms with Crippen LogP contribution in [-0.2, 0) is 11.2 Å². The minimum absolute atomic E-state index is 0.0140. The molecule has 0 aliphatic heterocycles. The highest BCUT2D eigenvalue weighted by molar-refractivity contribution is 9.11. The van der Waals surface area contributed by atoms with E-state index in [0.29, 0.717) is 13.0 Å². The Morgan fingerprint density at radius 2 is 2.38 bits per heavy atom. The molecular weight excluding hydrogens is 254 g/mol. The van der Waals surface area contributed by atoms with Crippen molar-refractivity contribution in [2.24, 2.45) is 0 Å². The van der Waals surface area contributed by atoms with E-state index in [1.165, 1.54) is 0 Å². The van der Waals surface area contributed by atoms with Gasteiger partial charge in [-0.15, -0.1) is 11.3 Å². The van der Waals surface area contributed by atoms with E-state index in [-0.39, 0.29) is 12.5 Å². The summed E-state index contributed by atoms with van der Waals surface area (Å²) >= 11 is 4.86. The number of hydrogen-bond donors (Lipinski definition) is 2. The topological polar surface area (TPSA) is 49.3 Å². The fraction of sp³-hybridized carbons (Fsp3) is 0.375. The van der Waals surface area contributed by atoms with Crippen molar-refractivity contribution in [1.29, 1.82) is 0 Å². The molecule has 1 amide bonds. The highest BCUT2D eigenvalue weighted by Gasteiger charge is 2.04. The summed E-state index contributed by atoms with van der Waals surface area (Å²) in [6, 6.07) is 3.83. The molecule has 1 aromatic heterocycles. The summed E-state index contributed by atoms with van der Waals surface area (Å²) in [4.78, 5) is 12.2. The first-order valence-electron chi connectivity index (χ1n) is 3.84. The largest absolute Gasteiger partial charge is 0.395 e. The zero-order valence-electron chi connectivity index (χ0n) is 6.92. The van der Waals surface area contributed by atoms with E-state index in [9.17, 15) is 4.79 Å². The Kier molecular flexibility index (Phi) is 4.41. The minimum Gasteiger partial charge on any atom is -0.395 e. The summed E-state index contributed by atoms with van der Waals surface area (Å²) in [6.07, 6.45) is 0.385. The van der Waals surface area contributed by atoms with Gasteiger partial charge in [0.25, 0.3) is 0 Å². The molecule has 0 fully saturated rings. The summed E-state index contributed by atoms with van der Waals surface area (Å²) in [5, 5.41) is 11.1. The van der Waals surface area contributed by atoms with Crippen molar-refractivity contribution in [3.63, 3.8) is 0 Å². The van der Waals surface area contributed by atoms with Crippen molar-refractivity contribution in [3.8, 4) is 0 Å². The maximum atomic E-state index is 11.1. The molecule has 0 saturated heterocycles. The van der Waals surface area contributed by atoms with Gasteiger partial charge in [0.2, 0.25) is 5.91 Å². The van der Waals surface area contributed by atoms with E-state index in [1.54, 1.807) is 11.3 Å². The number of amides is 1. The summed E-state index contributed by atoms with van der Waals surface area (Å²) < 4.78 is 1.03. The predicted octanol–water partition coefficient (Wildman–Crippen LogP) is 1.16. The van der Waals surface area contributed by atoms with Crippen molar-refractivity contribution in [2.75, 3.05) is 13.2 Å². The number of thiophene rings is 1. The second-order valence-electron chi connectivity index (χ2n) is 2.46. The molecule has 5 heteroatoms. The first-order chi connectivity index (χ1) is 6.22. The predicted molar refractivity (Wildman–Crippen MR) is 55.8 cm³/mol. The molecule has 0 saturated carbocycles. The summed E-state index contributed by atoms with van der Waals surface area (Å²) in [5.74, 6) is -0.0524. The normalized spacial score (nSPS) is 10.0. The molecule has 0 aliphatic carbocycles. The fourth-order valence-corrected chi connectivity index (χ4v) is 2.34. The highest BCUT2D eigenvalue weighted by Crippen LogP contribution is 2.22. The number of aliphatic hydroxyl groups is 1. The SMILES string of the molecule is O=C(Cc1ccc(Br)s1)NCCO. The molecule has 0 bridgehead atoms. The standard InChI is InChI=1S/C8H10BrNO2S/c9-7-2-1-6(13-7)5-8(12)10-3-4-11/h1-2,11H,3-5H2,(H,10,12). The van der Waals surface area contributed by atoms with Gasteiger partial charge in [-0.05, 0) is 28.1 Å². The van der Waals surface area contributed by atoms with Gasteiger partial charge in [0.15, 0.2) is 0 Å². The third-order valence-electron chi connectivity index (χ3n) is 1.40. The summed E-state index contributed by atoms with van der Waals surface area (Å²) in [7, 11) is 0. The molecule has 1 heterocycles. The summed E-state index contributed by atoms with van der Waals surface area (Å²) in [5.41, 5.74) is 0. The van der Waals surface area contributed by atoms with Crippen molar-refractivity contribution in [2.45, 2.75) is 6.42 Å². The van der Waals surface area contributed by atoms with Crippen LogP contribution in [0.15, 0.2) is 15.9 Å². The van der Waals surface area contributed by atoms with Gasteiger partial charge in [0.05, 0.1) is 16.8 Å². The number of halogens is 1. The molecule has 0 atom stereocenters. The number of aliphatic hydroxyl groups excluding tert-OH is 1. The lowest BCUT2D eigenvalue weighted by molar-refractivity contribution is -0.120. The Bertz CT molecular complexity index is 287. The Labute approximate surface area is 88.9 Å². The van der Waals surface area contributed by atoms with E-state index >= 15 is 0 Å².